The smallest absolute Gasteiger partial charge is 0.416 e. The zero-order valence-electron chi connectivity index (χ0n) is 14.6. The lowest BCUT2D eigenvalue weighted by molar-refractivity contribution is -0.141. The molecule has 2 rings (SSSR count). The summed E-state index contributed by atoms with van der Waals surface area (Å²) in [5.74, 6) is -2.14. The minimum atomic E-state index is -4.53. The van der Waals surface area contributed by atoms with Gasteiger partial charge in [0.25, 0.3) is 0 Å². The highest BCUT2D eigenvalue weighted by Gasteiger charge is 2.31. The van der Waals surface area contributed by atoms with Crippen LogP contribution in [0.5, 0.6) is 0 Å². The van der Waals surface area contributed by atoms with Gasteiger partial charge in [0.15, 0.2) is 0 Å². The number of nitrogens with one attached hydrogen (secondary N) is 1. The van der Waals surface area contributed by atoms with Crippen LogP contribution < -0.4 is 5.32 Å². The van der Waals surface area contributed by atoms with E-state index in [1.165, 1.54) is 0 Å². The highest BCUT2D eigenvalue weighted by molar-refractivity contribution is 5.85. The molecule has 29 heavy (non-hydrogen) atoms. The Balaban J connectivity index is 2.01. The lowest BCUT2D eigenvalue weighted by Gasteiger charge is -2.15. The third-order valence-corrected chi connectivity index (χ3v) is 4.00. The second kappa shape index (κ2) is 8.54. The third-order valence-electron chi connectivity index (χ3n) is 4.00. The molecule has 2 aromatic carbocycles. The maximum absolute atomic E-state index is 12.6. The number of carbonyl (C=O) groups excluding carboxylic acids is 1. The fourth-order valence-corrected chi connectivity index (χ4v) is 2.51. The van der Waals surface area contributed by atoms with Crippen molar-refractivity contribution < 1.29 is 41.0 Å². The Morgan fingerprint density at radius 1 is 0.793 bits per heavy atom. The summed E-state index contributed by atoms with van der Waals surface area (Å²) in [5, 5.41) is 11.5. The molecule has 0 aromatic heterocycles. The Morgan fingerprint density at radius 2 is 1.21 bits per heavy atom. The second-order valence-electron chi connectivity index (χ2n) is 6.23. The minimum Gasteiger partial charge on any atom is -0.480 e. The van der Waals surface area contributed by atoms with Gasteiger partial charge in [0.2, 0.25) is 5.91 Å². The fourth-order valence-electron chi connectivity index (χ4n) is 2.51. The van der Waals surface area contributed by atoms with E-state index in [1.54, 1.807) is 0 Å². The summed E-state index contributed by atoms with van der Waals surface area (Å²) in [7, 11) is 0. The lowest BCUT2D eigenvalue weighted by atomic mass is 10.0. The molecule has 0 aliphatic carbocycles. The molecule has 0 aliphatic rings. The van der Waals surface area contributed by atoms with E-state index in [2.05, 4.69) is 5.32 Å². The van der Waals surface area contributed by atoms with Gasteiger partial charge in [-0.15, -0.1) is 0 Å². The number of rotatable bonds is 6. The van der Waals surface area contributed by atoms with E-state index in [9.17, 15) is 41.0 Å². The van der Waals surface area contributed by atoms with Crippen molar-refractivity contribution in [1.82, 2.24) is 5.32 Å². The molecule has 2 aromatic rings. The molecule has 0 saturated heterocycles. The summed E-state index contributed by atoms with van der Waals surface area (Å²) in [6.07, 6.45) is -9.65. The summed E-state index contributed by atoms with van der Waals surface area (Å²) >= 11 is 0. The average Bonchev–Trinajstić information content (AvgIpc) is 2.60. The maximum Gasteiger partial charge on any atom is 0.416 e. The van der Waals surface area contributed by atoms with Crippen molar-refractivity contribution in [2.24, 2.45) is 0 Å². The van der Waals surface area contributed by atoms with E-state index < -0.39 is 41.4 Å². The molecule has 0 radical (unpaired) electrons. The van der Waals surface area contributed by atoms with Crippen LogP contribution in [-0.4, -0.2) is 23.0 Å². The molecule has 0 saturated carbocycles. The van der Waals surface area contributed by atoms with Crippen molar-refractivity contribution in [2.45, 2.75) is 31.2 Å². The van der Waals surface area contributed by atoms with Crippen LogP contribution in [0.25, 0.3) is 0 Å². The number of benzene rings is 2. The van der Waals surface area contributed by atoms with Gasteiger partial charge in [-0.05, 0) is 35.4 Å². The van der Waals surface area contributed by atoms with Gasteiger partial charge in [0.05, 0.1) is 17.5 Å². The largest absolute Gasteiger partial charge is 0.480 e. The predicted molar refractivity (Wildman–Crippen MR) is 89.9 cm³/mol. The molecule has 0 spiro atoms. The number of carboxylic acids is 1. The first-order valence-electron chi connectivity index (χ1n) is 8.20. The van der Waals surface area contributed by atoms with Gasteiger partial charge in [0.1, 0.15) is 6.04 Å². The fraction of sp³-hybridized carbons (Fsp3) is 0.263. The van der Waals surface area contributed by atoms with E-state index in [0.717, 1.165) is 48.5 Å². The van der Waals surface area contributed by atoms with Crippen molar-refractivity contribution in [3.8, 4) is 0 Å². The second-order valence-corrected chi connectivity index (χ2v) is 6.23. The molecule has 0 heterocycles. The number of hydrogen-bond acceptors (Lipinski definition) is 2. The SMILES string of the molecule is O=C(Cc1ccc(C(F)(F)F)cc1)N[C@@H](Cc1ccc(C(F)(F)F)cc1)C(=O)O. The first-order chi connectivity index (χ1) is 13.4. The number of carbonyl (C=O) groups is 2. The molecule has 1 atom stereocenters. The molecule has 2 N–H and O–H groups in total. The van der Waals surface area contributed by atoms with Gasteiger partial charge in [-0.2, -0.15) is 26.3 Å². The highest BCUT2D eigenvalue weighted by atomic mass is 19.4. The third kappa shape index (κ3) is 6.51. The van der Waals surface area contributed by atoms with Gasteiger partial charge in [-0.1, -0.05) is 24.3 Å². The van der Waals surface area contributed by atoms with Gasteiger partial charge in [-0.3, -0.25) is 4.79 Å². The number of halogens is 6. The Morgan fingerprint density at radius 3 is 1.59 bits per heavy atom. The summed E-state index contributed by atoms with van der Waals surface area (Å²) in [6, 6.07) is 6.24. The number of hydrogen-bond donors (Lipinski definition) is 2. The Bertz CT molecular complexity index is 857. The van der Waals surface area contributed by atoms with Gasteiger partial charge in [0, 0.05) is 6.42 Å². The standard InChI is InChI=1S/C19H15F6NO3/c20-18(21,22)13-5-1-11(2-6-13)9-15(17(28)29)26-16(27)10-12-3-7-14(8-4-12)19(23,24)25/h1-8,15H,9-10H2,(H,26,27)(H,28,29)/t15-/m0/s1. The molecule has 0 unspecified atom stereocenters. The Kier molecular flexibility index (Phi) is 6.55. The van der Waals surface area contributed by atoms with Crippen LogP contribution in [0, 0.1) is 0 Å². The zero-order chi connectivity index (χ0) is 21.8. The molecular weight excluding hydrogens is 404 g/mol. The first-order valence-corrected chi connectivity index (χ1v) is 8.20. The van der Waals surface area contributed by atoms with E-state index in [1.807, 2.05) is 0 Å². The van der Waals surface area contributed by atoms with Gasteiger partial charge >= 0.3 is 18.3 Å². The summed E-state index contributed by atoms with van der Waals surface area (Å²) in [5.41, 5.74) is -1.26. The normalized spacial score (nSPS) is 13.0. The first kappa shape index (κ1) is 22.3. The van der Waals surface area contributed by atoms with E-state index in [-0.39, 0.29) is 24.0 Å². The van der Waals surface area contributed by atoms with Crippen molar-refractivity contribution in [2.75, 3.05) is 0 Å². The van der Waals surface area contributed by atoms with Gasteiger partial charge in [-0.25, -0.2) is 4.79 Å². The van der Waals surface area contributed by atoms with Crippen molar-refractivity contribution >= 4 is 11.9 Å². The predicted octanol–water partition coefficient (Wildman–Crippen LogP) is 4.08. The average molecular weight is 419 g/mol. The zero-order valence-corrected chi connectivity index (χ0v) is 14.6. The van der Waals surface area contributed by atoms with E-state index in [0.29, 0.717) is 0 Å². The van der Waals surface area contributed by atoms with Crippen LogP contribution >= 0.6 is 0 Å². The molecular formula is C19H15F6NO3. The van der Waals surface area contributed by atoms with Crippen LogP contribution in [0.4, 0.5) is 26.3 Å². The lowest BCUT2D eigenvalue weighted by Crippen LogP contribution is -2.43. The molecule has 1 amide bonds. The topological polar surface area (TPSA) is 66.4 Å². The van der Waals surface area contributed by atoms with E-state index in [4.69, 9.17) is 0 Å². The van der Waals surface area contributed by atoms with Crippen molar-refractivity contribution in [1.29, 1.82) is 0 Å². The number of carboxylic acid groups (broad SMARTS) is 1. The van der Waals surface area contributed by atoms with Crippen LogP contribution in [0.2, 0.25) is 0 Å². The van der Waals surface area contributed by atoms with Crippen LogP contribution in [0.3, 0.4) is 0 Å². The highest BCUT2D eigenvalue weighted by Crippen LogP contribution is 2.30. The summed E-state index contributed by atoms with van der Waals surface area (Å²) < 4.78 is 75.3. The molecule has 4 nitrogen and oxygen atoms in total. The minimum absolute atomic E-state index is 0.245. The van der Waals surface area contributed by atoms with Gasteiger partial charge < -0.3 is 10.4 Å². The molecule has 0 fully saturated rings. The summed E-state index contributed by atoms with van der Waals surface area (Å²) in [4.78, 5) is 23.4. The van der Waals surface area contributed by atoms with Crippen molar-refractivity contribution in [3.05, 3.63) is 70.8 Å². The number of amides is 1. The summed E-state index contributed by atoms with van der Waals surface area (Å²) in [6.45, 7) is 0. The van der Waals surface area contributed by atoms with Crippen molar-refractivity contribution in [3.63, 3.8) is 0 Å². The van der Waals surface area contributed by atoms with Crippen LogP contribution in [-0.2, 0) is 34.8 Å². The molecule has 10 heteroatoms. The number of aliphatic carboxylic acids is 1. The molecule has 0 aliphatic heterocycles. The molecule has 156 valence electrons. The van der Waals surface area contributed by atoms with Crippen LogP contribution in [0.15, 0.2) is 48.5 Å². The molecule has 0 bridgehead atoms. The quantitative estimate of drug-likeness (QED) is 0.694. The Hall–Kier alpha value is -3.04. The maximum atomic E-state index is 12.6. The van der Waals surface area contributed by atoms with Crippen LogP contribution in [0.1, 0.15) is 22.3 Å². The Labute approximate surface area is 161 Å². The monoisotopic (exact) mass is 419 g/mol. The van der Waals surface area contributed by atoms with E-state index >= 15 is 0 Å². The number of alkyl halides is 6.